The molecule has 0 amide bonds. The van der Waals surface area contributed by atoms with Crippen molar-refractivity contribution in [2.45, 2.75) is 13.3 Å². The molecule has 1 unspecified atom stereocenters. The molecule has 0 aliphatic carbocycles. The predicted octanol–water partition coefficient (Wildman–Crippen LogP) is 3.35. The van der Waals surface area contributed by atoms with E-state index < -0.39 is 0 Å². The molecule has 1 atom stereocenters. The topological polar surface area (TPSA) is 26.3 Å². The first kappa shape index (κ1) is 12.3. The highest BCUT2D eigenvalue weighted by atomic mass is 35.5. The molecule has 0 bridgehead atoms. The van der Waals surface area contributed by atoms with E-state index in [4.69, 9.17) is 23.2 Å². The third-order valence-corrected chi connectivity index (χ3v) is 2.87. The molecule has 1 aromatic rings. The van der Waals surface area contributed by atoms with Crippen LogP contribution in [0.1, 0.15) is 12.5 Å². The second kappa shape index (κ2) is 5.38. The molecule has 0 aliphatic rings. The Bertz CT molecular complexity index is 364. The Kier molecular flexibility index (Phi) is 4.43. The van der Waals surface area contributed by atoms with Gasteiger partial charge < -0.3 is 4.74 Å². The van der Waals surface area contributed by atoms with E-state index in [1.807, 2.05) is 13.0 Å². The quantitative estimate of drug-likeness (QED) is 0.765. The molecule has 0 N–H and O–H groups in total. The number of carbonyl (C=O) groups is 1. The van der Waals surface area contributed by atoms with E-state index in [0.29, 0.717) is 16.5 Å². The second-order valence-corrected chi connectivity index (χ2v) is 4.19. The van der Waals surface area contributed by atoms with Crippen LogP contribution in [0.25, 0.3) is 0 Å². The number of carbonyl (C=O) groups excluding carboxylic acids is 1. The number of hydrogen-bond donors (Lipinski definition) is 0. The molecular formula is C11H12Cl2O2. The second-order valence-electron chi connectivity index (χ2n) is 3.38. The fraction of sp³-hybridized carbons (Fsp3) is 0.364. The minimum Gasteiger partial charge on any atom is -0.469 e. The Morgan fingerprint density at radius 3 is 2.60 bits per heavy atom. The first-order valence-corrected chi connectivity index (χ1v) is 5.32. The minimum absolute atomic E-state index is 0.174. The summed E-state index contributed by atoms with van der Waals surface area (Å²) < 4.78 is 4.64. The van der Waals surface area contributed by atoms with Crippen molar-refractivity contribution in [2.24, 2.45) is 5.92 Å². The van der Waals surface area contributed by atoms with Crippen molar-refractivity contribution in [3.05, 3.63) is 33.8 Å². The zero-order valence-corrected chi connectivity index (χ0v) is 10.1. The molecule has 82 valence electrons. The normalized spacial score (nSPS) is 12.3. The summed E-state index contributed by atoms with van der Waals surface area (Å²) in [6, 6.07) is 5.35. The Morgan fingerprint density at radius 1 is 1.40 bits per heavy atom. The number of ether oxygens (including phenoxy) is 1. The summed E-state index contributed by atoms with van der Waals surface area (Å²) in [6.07, 6.45) is 0.601. The molecule has 1 rings (SSSR count). The molecule has 0 saturated carbocycles. The molecule has 0 saturated heterocycles. The largest absolute Gasteiger partial charge is 0.469 e. The molecule has 0 heterocycles. The van der Waals surface area contributed by atoms with Crippen molar-refractivity contribution in [3.8, 4) is 0 Å². The van der Waals surface area contributed by atoms with Gasteiger partial charge in [0.15, 0.2) is 0 Å². The summed E-state index contributed by atoms with van der Waals surface area (Å²) in [7, 11) is 1.38. The number of rotatable bonds is 3. The van der Waals surface area contributed by atoms with Gasteiger partial charge in [-0.15, -0.1) is 0 Å². The van der Waals surface area contributed by atoms with E-state index in [9.17, 15) is 4.79 Å². The van der Waals surface area contributed by atoms with Crippen LogP contribution in [-0.4, -0.2) is 13.1 Å². The zero-order valence-electron chi connectivity index (χ0n) is 8.59. The standard InChI is InChI=1S/C11H12Cl2O2/c1-7(11(14)15-2)5-8-3-4-9(12)10(13)6-8/h3-4,6-7H,5H2,1-2H3. The van der Waals surface area contributed by atoms with Crippen LogP contribution in [0.2, 0.25) is 10.0 Å². The van der Waals surface area contributed by atoms with Crippen LogP contribution in [0.5, 0.6) is 0 Å². The maximum absolute atomic E-state index is 11.2. The van der Waals surface area contributed by atoms with Crippen molar-refractivity contribution in [1.82, 2.24) is 0 Å². The molecule has 0 aliphatic heterocycles. The van der Waals surface area contributed by atoms with Gasteiger partial charge in [-0.2, -0.15) is 0 Å². The third-order valence-electron chi connectivity index (χ3n) is 2.13. The Balaban J connectivity index is 2.73. The lowest BCUT2D eigenvalue weighted by molar-refractivity contribution is -0.144. The molecule has 0 aromatic heterocycles. The molecule has 0 spiro atoms. The minimum atomic E-state index is -0.221. The van der Waals surface area contributed by atoms with E-state index in [1.54, 1.807) is 12.1 Å². The van der Waals surface area contributed by atoms with Crippen LogP contribution in [0.15, 0.2) is 18.2 Å². The zero-order chi connectivity index (χ0) is 11.4. The van der Waals surface area contributed by atoms with E-state index in [2.05, 4.69) is 4.74 Å². The fourth-order valence-electron chi connectivity index (χ4n) is 1.30. The Labute approximate surface area is 99.1 Å². The first-order chi connectivity index (χ1) is 7.04. The summed E-state index contributed by atoms with van der Waals surface area (Å²) in [5, 5.41) is 1.03. The van der Waals surface area contributed by atoms with E-state index in [1.165, 1.54) is 7.11 Å². The van der Waals surface area contributed by atoms with Crippen LogP contribution in [-0.2, 0) is 16.0 Å². The highest BCUT2D eigenvalue weighted by Crippen LogP contribution is 2.23. The van der Waals surface area contributed by atoms with Crippen molar-refractivity contribution >= 4 is 29.2 Å². The first-order valence-electron chi connectivity index (χ1n) is 4.56. The number of halogens is 2. The van der Waals surface area contributed by atoms with Crippen molar-refractivity contribution in [3.63, 3.8) is 0 Å². The van der Waals surface area contributed by atoms with Gasteiger partial charge in [0.05, 0.1) is 23.1 Å². The molecule has 4 heteroatoms. The third kappa shape index (κ3) is 3.40. The summed E-state index contributed by atoms with van der Waals surface area (Å²) in [4.78, 5) is 11.2. The van der Waals surface area contributed by atoms with Gasteiger partial charge in [-0.1, -0.05) is 36.2 Å². The number of methoxy groups -OCH3 is 1. The molecular weight excluding hydrogens is 235 g/mol. The van der Waals surface area contributed by atoms with Gasteiger partial charge in [0.2, 0.25) is 0 Å². The highest BCUT2D eigenvalue weighted by molar-refractivity contribution is 6.42. The van der Waals surface area contributed by atoms with Crippen molar-refractivity contribution in [2.75, 3.05) is 7.11 Å². The molecule has 1 aromatic carbocycles. The lowest BCUT2D eigenvalue weighted by Gasteiger charge is -2.09. The van der Waals surface area contributed by atoms with Gasteiger partial charge in [0.1, 0.15) is 0 Å². The molecule has 2 nitrogen and oxygen atoms in total. The highest BCUT2D eigenvalue weighted by Gasteiger charge is 2.14. The van der Waals surface area contributed by atoms with Crippen LogP contribution < -0.4 is 0 Å². The van der Waals surface area contributed by atoms with E-state index in [0.717, 1.165) is 5.56 Å². The smallest absolute Gasteiger partial charge is 0.308 e. The summed E-state index contributed by atoms with van der Waals surface area (Å²) in [5.74, 6) is -0.395. The molecule has 0 radical (unpaired) electrons. The maximum atomic E-state index is 11.2. The summed E-state index contributed by atoms with van der Waals surface area (Å²) >= 11 is 11.6. The van der Waals surface area contributed by atoms with Crippen molar-refractivity contribution < 1.29 is 9.53 Å². The SMILES string of the molecule is COC(=O)C(C)Cc1ccc(Cl)c(Cl)c1. The summed E-state index contributed by atoms with van der Waals surface area (Å²) in [5.41, 5.74) is 0.974. The van der Waals surface area contributed by atoms with Crippen LogP contribution >= 0.6 is 23.2 Å². The van der Waals surface area contributed by atoms with Gasteiger partial charge in [-0.25, -0.2) is 0 Å². The van der Waals surface area contributed by atoms with Gasteiger partial charge >= 0.3 is 5.97 Å². The lowest BCUT2D eigenvalue weighted by atomic mass is 10.0. The van der Waals surface area contributed by atoms with Crippen molar-refractivity contribution in [1.29, 1.82) is 0 Å². The van der Waals surface area contributed by atoms with Gasteiger partial charge in [0.25, 0.3) is 0 Å². The van der Waals surface area contributed by atoms with Gasteiger partial charge in [-0.3, -0.25) is 4.79 Å². The lowest BCUT2D eigenvalue weighted by Crippen LogP contribution is -2.15. The van der Waals surface area contributed by atoms with Gasteiger partial charge in [0, 0.05) is 0 Å². The molecule has 15 heavy (non-hydrogen) atoms. The van der Waals surface area contributed by atoms with Crippen LogP contribution in [0.3, 0.4) is 0 Å². The van der Waals surface area contributed by atoms with Crippen LogP contribution in [0.4, 0.5) is 0 Å². The predicted molar refractivity (Wildman–Crippen MR) is 61.3 cm³/mol. The Hall–Kier alpha value is -0.730. The summed E-state index contributed by atoms with van der Waals surface area (Å²) in [6.45, 7) is 1.81. The number of hydrogen-bond acceptors (Lipinski definition) is 2. The Morgan fingerprint density at radius 2 is 2.07 bits per heavy atom. The van der Waals surface area contributed by atoms with E-state index >= 15 is 0 Å². The van der Waals surface area contributed by atoms with Gasteiger partial charge in [-0.05, 0) is 24.1 Å². The average Bonchev–Trinajstić information content (AvgIpc) is 2.22. The average molecular weight is 247 g/mol. The molecule has 0 fully saturated rings. The monoisotopic (exact) mass is 246 g/mol. The number of benzene rings is 1. The van der Waals surface area contributed by atoms with E-state index in [-0.39, 0.29) is 11.9 Å². The van der Waals surface area contributed by atoms with Crippen LogP contribution in [0, 0.1) is 5.92 Å². The fourth-order valence-corrected chi connectivity index (χ4v) is 1.63. The number of esters is 1. The maximum Gasteiger partial charge on any atom is 0.308 e.